The topological polar surface area (TPSA) is 38.5 Å². The average Bonchev–Trinajstić information content (AvgIpc) is 2.91. The molecule has 1 N–H and O–H groups in total. The Labute approximate surface area is 110 Å². The molecule has 0 atom stereocenters. The molecule has 18 heavy (non-hydrogen) atoms. The molecule has 0 radical (unpaired) electrons. The maximum absolute atomic E-state index is 5.45. The smallest absolute Gasteiger partial charge is 0.214 e. The predicted octanol–water partition coefficient (Wildman–Crippen LogP) is 3.47. The predicted molar refractivity (Wildman–Crippen MR) is 74.6 cm³/mol. The average molecular weight is 258 g/mol. The highest BCUT2D eigenvalue weighted by Crippen LogP contribution is 2.15. The Morgan fingerprint density at radius 1 is 1.22 bits per heavy atom. The highest BCUT2D eigenvalue weighted by atomic mass is 32.1. The molecule has 2 aromatic heterocycles. The Kier molecular flexibility index (Phi) is 2.56. The van der Waals surface area contributed by atoms with Gasteiger partial charge in [0.25, 0.3) is 0 Å². The van der Waals surface area contributed by atoms with Gasteiger partial charge in [-0.2, -0.15) is 0 Å². The summed E-state index contributed by atoms with van der Waals surface area (Å²) >= 11 is 5.45. The minimum absolute atomic E-state index is 0.350. The van der Waals surface area contributed by atoms with E-state index in [0.717, 1.165) is 21.8 Å². The van der Waals surface area contributed by atoms with Crippen molar-refractivity contribution in [3.8, 4) is 5.95 Å². The molecule has 5 heteroatoms. The van der Waals surface area contributed by atoms with Crippen LogP contribution in [-0.2, 0) is 0 Å². The number of nitrogens with zero attached hydrogens (tertiary/aromatic N) is 3. The van der Waals surface area contributed by atoms with Crippen LogP contribution in [0.25, 0.3) is 17.0 Å². The van der Waals surface area contributed by atoms with Crippen LogP contribution in [0, 0.1) is 4.77 Å². The van der Waals surface area contributed by atoms with Crippen LogP contribution < -0.4 is 0 Å². The number of hydrogen-bond acceptors (Lipinski definition) is 2. The lowest BCUT2D eigenvalue weighted by molar-refractivity contribution is 0.586. The van der Waals surface area contributed by atoms with E-state index in [4.69, 9.17) is 12.2 Å². The number of para-hydroxylation sites is 2. The Balaban J connectivity index is 2.17. The molecule has 0 aliphatic carbocycles. The molecule has 0 fully saturated rings. The number of aromatic amines is 1. The first-order chi connectivity index (χ1) is 8.66. The van der Waals surface area contributed by atoms with E-state index >= 15 is 0 Å². The molecule has 0 aliphatic heterocycles. The number of aromatic nitrogens is 4. The van der Waals surface area contributed by atoms with Gasteiger partial charge in [0.1, 0.15) is 0 Å². The number of hydrogen-bond donors (Lipinski definition) is 1. The van der Waals surface area contributed by atoms with Gasteiger partial charge in [0, 0.05) is 18.4 Å². The van der Waals surface area contributed by atoms with E-state index < -0.39 is 0 Å². The van der Waals surface area contributed by atoms with Crippen LogP contribution in [0.5, 0.6) is 0 Å². The van der Waals surface area contributed by atoms with Crippen molar-refractivity contribution in [3.63, 3.8) is 0 Å². The summed E-state index contributed by atoms with van der Waals surface area (Å²) in [4.78, 5) is 7.82. The third-order valence-corrected chi connectivity index (χ3v) is 3.37. The van der Waals surface area contributed by atoms with Crippen molar-refractivity contribution in [2.24, 2.45) is 0 Å². The van der Waals surface area contributed by atoms with Crippen molar-refractivity contribution >= 4 is 23.3 Å². The molecule has 1 aromatic carbocycles. The quantitative estimate of drug-likeness (QED) is 0.715. The molecule has 0 bridgehead atoms. The van der Waals surface area contributed by atoms with Crippen molar-refractivity contribution in [1.29, 1.82) is 0 Å². The number of rotatable bonds is 2. The van der Waals surface area contributed by atoms with Gasteiger partial charge in [-0.25, -0.2) is 4.98 Å². The first-order valence-corrected chi connectivity index (χ1v) is 6.32. The van der Waals surface area contributed by atoms with E-state index in [-0.39, 0.29) is 0 Å². The highest BCUT2D eigenvalue weighted by molar-refractivity contribution is 7.71. The van der Waals surface area contributed by atoms with Gasteiger partial charge in [0.2, 0.25) is 5.95 Å². The van der Waals surface area contributed by atoms with E-state index in [1.165, 1.54) is 0 Å². The van der Waals surface area contributed by atoms with Gasteiger partial charge in [-0.1, -0.05) is 12.1 Å². The molecule has 92 valence electrons. The first kappa shape index (κ1) is 11.2. The molecule has 3 aromatic rings. The maximum Gasteiger partial charge on any atom is 0.214 e. The molecule has 3 rings (SSSR count). The molecule has 0 saturated carbocycles. The highest BCUT2D eigenvalue weighted by Gasteiger charge is 2.08. The molecule has 0 aliphatic rings. The summed E-state index contributed by atoms with van der Waals surface area (Å²) in [7, 11) is 0. The van der Waals surface area contributed by atoms with Gasteiger partial charge in [-0.3, -0.25) is 4.57 Å². The first-order valence-electron chi connectivity index (χ1n) is 5.91. The van der Waals surface area contributed by atoms with Crippen LogP contribution in [0.15, 0.2) is 36.7 Å². The standard InChI is InChI=1S/C13H14N4S/c1-9(2)16-7-8-17(13(16)18)12-14-10-5-3-4-6-11(10)15-12/h3-9H,1-2H3,(H,14,15). The second kappa shape index (κ2) is 4.10. The fourth-order valence-electron chi connectivity index (χ4n) is 2.00. The summed E-state index contributed by atoms with van der Waals surface area (Å²) in [5.41, 5.74) is 1.97. The van der Waals surface area contributed by atoms with Crippen molar-refractivity contribution in [2.45, 2.75) is 19.9 Å². The summed E-state index contributed by atoms with van der Waals surface area (Å²) in [6.07, 6.45) is 3.93. The van der Waals surface area contributed by atoms with E-state index in [1.807, 2.05) is 45.8 Å². The monoisotopic (exact) mass is 258 g/mol. The maximum atomic E-state index is 5.45. The Bertz CT molecular complexity index is 715. The van der Waals surface area contributed by atoms with Gasteiger partial charge in [-0.05, 0) is 38.2 Å². The summed E-state index contributed by atoms with van der Waals surface area (Å²) in [5.74, 6) is 0.764. The normalized spacial score (nSPS) is 11.5. The zero-order valence-electron chi connectivity index (χ0n) is 10.3. The molecule has 0 spiro atoms. The lowest BCUT2D eigenvalue weighted by atomic mass is 10.3. The zero-order valence-corrected chi connectivity index (χ0v) is 11.1. The summed E-state index contributed by atoms with van der Waals surface area (Å²) in [5, 5.41) is 0. The third kappa shape index (κ3) is 1.67. The minimum atomic E-state index is 0.350. The Morgan fingerprint density at radius 2 is 2.00 bits per heavy atom. The van der Waals surface area contributed by atoms with Crippen LogP contribution >= 0.6 is 12.2 Å². The van der Waals surface area contributed by atoms with Gasteiger partial charge in [0.15, 0.2) is 4.77 Å². The Hall–Kier alpha value is -1.88. The number of nitrogens with one attached hydrogen (secondary N) is 1. The van der Waals surface area contributed by atoms with Gasteiger partial charge < -0.3 is 9.55 Å². The number of H-pyrrole nitrogens is 1. The van der Waals surface area contributed by atoms with Crippen molar-refractivity contribution in [2.75, 3.05) is 0 Å². The van der Waals surface area contributed by atoms with E-state index in [2.05, 4.69) is 23.8 Å². The van der Waals surface area contributed by atoms with Crippen LogP contribution in [0.2, 0.25) is 0 Å². The van der Waals surface area contributed by atoms with E-state index in [1.54, 1.807) is 0 Å². The molecular weight excluding hydrogens is 244 g/mol. The lowest BCUT2D eigenvalue weighted by Crippen LogP contribution is -2.02. The fourth-order valence-corrected chi connectivity index (χ4v) is 2.42. The molecular formula is C13H14N4S. The number of benzene rings is 1. The van der Waals surface area contributed by atoms with Crippen molar-refractivity contribution in [1.82, 2.24) is 19.1 Å². The minimum Gasteiger partial charge on any atom is -0.323 e. The summed E-state index contributed by atoms with van der Waals surface area (Å²) in [6.45, 7) is 4.22. The van der Waals surface area contributed by atoms with E-state index in [0.29, 0.717) is 6.04 Å². The van der Waals surface area contributed by atoms with Crippen LogP contribution in [0.1, 0.15) is 19.9 Å². The van der Waals surface area contributed by atoms with Gasteiger partial charge >= 0.3 is 0 Å². The van der Waals surface area contributed by atoms with Gasteiger partial charge in [-0.15, -0.1) is 0 Å². The third-order valence-electron chi connectivity index (χ3n) is 2.96. The second-order valence-corrected chi connectivity index (χ2v) is 4.89. The SMILES string of the molecule is CC(C)n1ccn(-c2nc3ccccc3[nH]2)c1=S. The van der Waals surface area contributed by atoms with Crippen LogP contribution in [-0.4, -0.2) is 19.1 Å². The second-order valence-electron chi connectivity index (χ2n) is 4.53. The molecule has 0 unspecified atom stereocenters. The summed E-state index contributed by atoms with van der Waals surface area (Å²) in [6, 6.07) is 8.31. The van der Waals surface area contributed by atoms with Crippen LogP contribution in [0.3, 0.4) is 0 Å². The molecule has 2 heterocycles. The van der Waals surface area contributed by atoms with Gasteiger partial charge in [0.05, 0.1) is 11.0 Å². The number of fused-ring (bicyclic) bond motifs is 1. The number of imidazole rings is 2. The molecule has 4 nitrogen and oxygen atoms in total. The van der Waals surface area contributed by atoms with Crippen molar-refractivity contribution < 1.29 is 0 Å². The summed E-state index contributed by atoms with van der Waals surface area (Å²) < 4.78 is 4.70. The molecule has 0 saturated heterocycles. The fraction of sp³-hybridized carbons (Fsp3) is 0.231. The molecule has 0 amide bonds. The zero-order chi connectivity index (χ0) is 12.7. The van der Waals surface area contributed by atoms with Crippen molar-refractivity contribution in [3.05, 3.63) is 41.4 Å². The largest absolute Gasteiger partial charge is 0.323 e. The Morgan fingerprint density at radius 3 is 2.67 bits per heavy atom. The van der Waals surface area contributed by atoms with E-state index in [9.17, 15) is 0 Å². The van der Waals surface area contributed by atoms with Crippen LogP contribution in [0.4, 0.5) is 0 Å². The lowest BCUT2D eigenvalue weighted by Gasteiger charge is -2.05.